The van der Waals surface area contributed by atoms with Crippen molar-refractivity contribution in [3.63, 3.8) is 0 Å². The summed E-state index contributed by atoms with van der Waals surface area (Å²) in [6.45, 7) is 1.20. The molecule has 3 nitrogen and oxygen atoms in total. The van der Waals surface area contributed by atoms with Crippen molar-refractivity contribution in [1.29, 1.82) is 0 Å². The molecule has 2 N–H and O–H groups in total. The fourth-order valence-electron chi connectivity index (χ4n) is 1.58. The van der Waals surface area contributed by atoms with Crippen LogP contribution in [0.2, 0.25) is 0 Å². The van der Waals surface area contributed by atoms with E-state index in [1.807, 2.05) is 0 Å². The van der Waals surface area contributed by atoms with Crippen LogP contribution in [0.3, 0.4) is 0 Å². The highest BCUT2D eigenvalue weighted by Gasteiger charge is 2.29. The third-order valence-corrected chi connectivity index (χ3v) is 2.48. The quantitative estimate of drug-likeness (QED) is 0.769. The van der Waals surface area contributed by atoms with E-state index in [4.69, 9.17) is 5.73 Å². The largest absolute Gasteiger partial charge is 0.350 e. The summed E-state index contributed by atoms with van der Waals surface area (Å²) in [6, 6.07) is 0.983. The van der Waals surface area contributed by atoms with Crippen molar-refractivity contribution in [3.8, 4) is 0 Å². The number of nitrogens with two attached hydrogens (primary N) is 1. The van der Waals surface area contributed by atoms with Gasteiger partial charge in [0.1, 0.15) is 5.82 Å². The third kappa shape index (κ3) is 1.43. The molecule has 1 saturated heterocycles. The van der Waals surface area contributed by atoms with E-state index in [-0.39, 0.29) is 11.9 Å². The van der Waals surface area contributed by atoms with Gasteiger partial charge < -0.3 is 10.6 Å². The molecule has 76 valence electrons. The Bertz CT molecular complexity index is 341. The fraction of sp³-hybridized carbons (Fsp3) is 0.444. The molecule has 2 rings (SSSR count). The van der Waals surface area contributed by atoms with Crippen LogP contribution >= 0.6 is 0 Å². The number of hydrogen-bond donors (Lipinski definition) is 1. The first-order valence-corrected chi connectivity index (χ1v) is 4.50. The van der Waals surface area contributed by atoms with E-state index in [0.717, 1.165) is 25.2 Å². The van der Waals surface area contributed by atoms with E-state index >= 15 is 0 Å². The Labute approximate surface area is 80.5 Å². The summed E-state index contributed by atoms with van der Waals surface area (Å²) >= 11 is 0. The lowest BCUT2D eigenvalue weighted by molar-refractivity contribution is 0.439. The molecule has 1 aromatic rings. The second-order valence-electron chi connectivity index (χ2n) is 3.33. The van der Waals surface area contributed by atoms with Crippen LogP contribution in [0.1, 0.15) is 6.42 Å². The summed E-state index contributed by atoms with van der Waals surface area (Å²) in [5, 5.41) is 0. The molecule has 2 heterocycles. The van der Waals surface area contributed by atoms with Gasteiger partial charge in [-0.25, -0.2) is 13.8 Å². The van der Waals surface area contributed by atoms with Gasteiger partial charge in [0.25, 0.3) is 0 Å². The normalized spacial score (nSPS) is 20.8. The number of aromatic nitrogens is 1. The van der Waals surface area contributed by atoms with Gasteiger partial charge in [0, 0.05) is 25.2 Å². The first-order valence-electron chi connectivity index (χ1n) is 4.50. The maximum absolute atomic E-state index is 13.2. The summed E-state index contributed by atoms with van der Waals surface area (Å²) in [5.41, 5.74) is 5.48. The van der Waals surface area contributed by atoms with Gasteiger partial charge in [-0.3, -0.25) is 0 Å². The Morgan fingerprint density at radius 1 is 1.57 bits per heavy atom. The Morgan fingerprint density at radius 3 is 2.86 bits per heavy atom. The fourth-order valence-corrected chi connectivity index (χ4v) is 1.58. The minimum Gasteiger partial charge on any atom is -0.350 e. The molecule has 1 aliphatic heterocycles. The van der Waals surface area contributed by atoms with Gasteiger partial charge in [-0.1, -0.05) is 0 Å². The first kappa shape index (κ1) is 9.33. The van der Waals surface area contributed by atoms with E-state index in [1.165, 1.54) is 0 Å². The maximum atomic E-state index is 13.2. The number of hydrogen-bond acceptors (Lipinski definition) is 3. The van der Waals surface area contributed by atoms with E-state index in [0.29, 0.717) is 6.54 Å². The van der Waals surface area contributed by atoms with Crippen LogP contribution in [0.25, 0.3) is 0 Å². The van der Waals surface area contributed by atoms with E-state index in [9.17, 15) is 8.78 Å². The van der Waals surface area contributed by atoms with Crippen LogP contribution < -0.4 is 10.6 Å². The Hall–Kier alpha value is -1.23. The molecule has 0 spiro atoms. The number of pyridine rings is 1. The molecule has 0 radical (unpaired) electrons. The average Bonchev–Trinajstić information content (AvgIpc) is 2.08. The molecular formula is C9H11F2N3. The Balaban J connectivity index is 2.24. The van der Waals surface area contributed by atoms with Crippen LogP contribution in [0.15, 0.2) is 12.3 Å². The lowest BCUT2D eigenvalue weighted by atomic mass is 10.0. The van der Waals surface area contributed by atoms with Crippen LogP contribution in [0.5, 0.6) is 0 Å². The average molecular weight is 199 g/mol. The predicted molar refractivity (Wildman–Crippen MR) is 49.0 cm³/mol. The number of nitrogens with zero attached hydrogens (tertiary/aromatic N) is 2. The summed E-state index contributed by atoms with van der Waals surface area (Å²) in [4.78, 5) is 5.48. The van der Waals surface area contributed by atoms with Crippen molar-refractivity contribution >= 4 is 5.82 Å². The second-order valence-corrected chi connectivity index (χ2v) is 3.33. The Morgan fingerprint density at radius 2 is 2.36 bits per heavy atom. The zero-order chi connectivity index (χ0) is 10.1. The van der Waals surface area contributed by atoms with Crippen LogP contribution in [-0.4, -0.2) is 24.1 Å². The van der Waals surface area contributed by atoms with Gasteiger partial charge in [-0.05, 0) is 6.42 Å². The molecule has 1 fully saturated rings. The van der Waals surface area contributed by atoms with Crippen LogP contribution in [0.4, 0.5) is 14.6 Å². The van der Waals surface area contributed by atoms with E-state index < -0.39 is 11.6 Å². The first-order chi connectivity index (χ1) is 6.72. The van der Waals surface area contributed by atoms with Gasteiger partial charge in [-0.2, -0.15) is 0 Å². The molecule has 1 atom stereocenters. The Kier molecular flexibility index (Phi) is 2.33. The third-order valence-electron chi connectivity index (χ3n) is 2.48. The van der Waals surface area contributed by atoms with Gasteiger partial charge >= 0.3 is 0 Å². The molecular weight excluding hydrogens is 188 g/mol. The van der Waals surface area contributed by atoms with Crippen molar-refractivity contribution in [2.24, 2.45) is 5.73 Å². The monoisotopic (exact) mass is 199 g/mol. The highest BCUT2D eigenvalue weighted by Crippen LogP contribution is 2.26. The summed E-state index contributed by atoms with van der Waals surface area (Å²) < 4.78 is 25.8. The number of anilines is 1. The van der Waals surface area contributed by atoms with E-state index in [2.05, 4.69) is 4.98 Å². The minimum absolute atomic E-state index is 0.141. The van der Waals surface area contributed by atoms with Gasteiger partial charge in [0.15, 0.2) is 11.6 Å². The smallest absolute Gasteiger partial charge is 0.168 e. The zero-order valence-electron chi connectivity index (χ0n) is 7.58. The number of halogens is 2. The molecule has 0 aromatic carbocycles. The molecule has 0 aliphatic carbocycles. The highest BCUT2D eigenvalue weighted by molar-refractivity contribution is 5.44. The van der Waals surface area contributed by atoms with Crippen molar-refractivity contribution in [3.05, 3.63) is 23.9 Å². The standard InChI is InChI=1S/C9H11F2N3/c10-6-3-8(11)9(13-5-6)14-2-1-7(14)4-12/h3,5,7H,1-2,4,12H2. The van der Waals surface area contributed by atoms with Gasteiger partial charge in [0.05, 0.1) is 6.20 Å². The molecule has 1 aliphatic rings. The van der Waals surface area contributed by atoms with Crippen LogP contribution in [0, 0.1) is 11.6 Å². The molecule has 1 aromatic heterocycles. The molecule has 14 heavy (non-hydrogen) atoms. The number of rotatable bonds is 2. The van der Waals surface area contributed by atoms with Gasteiger partial charge in [0.2, 0.25) is 0 Å². The molecule has 0 saturated carbocycles. The lowest BCUT2D eigenvalue weighted by Crippen LogP contribution is -2.52. The highest BCUT2D eigenvalue weighted by atomic mass is 19.1. The van der Waals surface area contributed by atoms with Crippen molar-refractivity contribution in [2.75, 3.05) is 18.0 Å². The second kappa shape index (κ2) is 3.49. The van der Waals surface area contributed by atoms with Crippen molar-refractivity contribution in [1.82, 2.24) is 4.98 Å². The summed E-state index contributed by atoms with van der Waals surface area (Å²) in [7, 11) is 0. The predicted octanol–water partition coefficient (Wildman–Crippen LogP) is 0.897. The SMILES string of the molecule is NCC1CCN1c1ncc(F)cc1F. The van der Waals surface area contributed by atoms with Crippen molar-refractivity contribution < 1.29 is 8.78 Å². The maximum Gasteiger partial charge on any atom is 0.168 e. The summed E-state index contributed by atoms with van der Waals surface area (Å²) in [6.07, 6.45) is 1.96. The minimum atomic E-state index is -0.656. The van der Waals surface area contributed by atoms with E-state index in [1.54, 1.807) is 4.90 Å². The van der Waals surface area contributed by atoms with Crippen LogP contribution in [-0.2, 0) is 0 Å². The molecule has 5 heteroatoms. The molecule has 0 bridgehead atoms. The lowest BCUT2D eigenvalue weighted by Gasteiger charge is -2.41. The summed E-state index contributed by atoms with van der Waals surface area (Å²) in [5.74, 6) is -1.08. The topological polar surface area (TPSA) is 42.1 Å². The van der Waals surface area contributed by atoms with Gasteiger partial charge in [-0.15, -0.1) is 0 Å². The zero-order valence-corrected chi connectivity index (χ0v) is 7.58. The van der Waals surface area contributed by atoms with Crippen molar-refractivity contribution in [2.45, 2.75) is 12.5 Å². The molecule has 0 amide bonds. The molecule has 1 unspecified atom stereocenters.